The number of aryl methyl sites for hydroxylation is 1. The quantitative estimate of drug-likeness (QED) is 0.870. The van der Waals surface area contributed by atoms with Crippen LogP contribution in [-0.2, 0) is 17.4 Å². The zero-order valence-electron chi connectivity index (χ0n) is 12.7. The van der Waals surface area contributed by atoms with E-state index in [4.69, 9.17) is 5.73 Å². The van der Waals surface area contributed by atoms with Gasteiger partial charge in [0.05, 0.1) is 5.56 Å². The molecule has 0 fully saturated rings. The van der Waals surface area contributed by atoms with E-state index in [0.717, 1.165) is 11.6 Å². The fourth-order valence-electron chi connectivity index (χ4n) is 2.36. The molecule has 122 valence electrons. The number of primary amides is 1. The van der Waals surface area contributed by atoms with Gasteiger partial charge in [-0.15, -0.1) is 0 Å². The second-order valence-corrected chi connectivity index (χ2v) is 5.58. The molecule has 1 atom stereocenters. The number of alkyl halides is 3. The van der Waals surface area contributed by atoms with Crippen molar-refractivity contribution in [2.45, 2.75) is 25.9 Å². The normalized spacial score (nSPS) is 12.9. The lowest BCUT2D eigenvalue weighted by Crippen LogP contribution is -2.20. The van der Waals surface area contributed by atoms with Crippen LogP contribution in [0.15, 0.2) is 48.5 Å². The van der Waals surface area contributed by atoms with E-state index < -0.39 is 11.7 Å². The van der Waals surface area contributed by atoms with E-state index >= 15 is 0 Å². The zero-order valence-corrected chi connectivity index (χ0v) is 12.7. The molecule has 2 rings (SSSR count). The molecule has 2 N–H and O–H groups in total. The minimum Gasteiger partial charge on any atom is -0.369 e. The van der Waals surface area contributed by atoms with Crippen LogP contribution in [0.1, 0.15) is 24.5 Å². The fraction of sp³-hybridized carbons (Fsp3) is 0.278. The Morgan fingerprint density at radius 1 is 1.09 bits per heavy atom. The Morgan fingerprint density at radius 3 is 2.26 bits per heavy atom. The molecule has 0 aliphatic carbocycles. The van der Waals surface area contributed by atoms with Gasteiger partial charge in [-0.2, -0.15) is 13.2 Å². The van der Waals surface area contributed by atoms with Crippen LogP contribution in [0.5, 0.6) is 0 Å². The van der Waals surface area contributed by atoms with Gasteiger partial charge >= 0.3 is 6.18 Å². The number of rotatable bonds is 5. The first kappa shape index (κ1) is 17.1. The van der Waals surface area contributed by atoms with Crippen molar-refractivity contribution in [2.75, 3.05) is 0 Å². The van der Waals surface area contributed by atoms with Crippen LogP contribution in [0, 0.1) is 5.92 Å². The molecule has 2 aromatic carbocycles. The molecule has 0 saturated heterocycles. The first-order valence-electron chi connectivity index (χ1n) is 7.34. The largest absolute Gasteiger partial charge is 0.417 e. The van der Waals surface area contributed by atoms with Crippen LogP contribution < -0.4 is 5.73 Å². The van der Waals surface area contributed by atoms with Crippen molar-refractivity contribution in [3.05, 3.63) is 59.7 Å². The number of benzene rings is 2. The number of hydrogen-bond donors (Lipinski definition) is 1. The summed E-state index contributed by atoms with van der Waals surface area (Å²) in [5.74, 6) is -0.568. The number of carbonyl (C=O) groups excluding carboxylic acids is 1. The predicted octanol–water partition coefficient (Wildman–Crippen LogP) is 4.43. The van der Waals surface area contributed by atoms with E-state index in [1.54, 1.807) is 37.3 Å². The summed E-state index contributed by atoms with van der Waals surface area (Å²) in [6, 6.07) is 12.4. The van der Waals surface area contributed by atoms with Gasteiger partial charge in [0.25, 0.3) is 0 Å². The first-order chi connectivity index (χ1) is 10.8. The van der Waals surface area contributed by atoms with E-state index in [1.165, 1.54) is 12.1 Å². The lowest BCUT2D eigenvalue weighted by molar-refractivity contribution is -0.137. The molecule has 0 spiro atoms. The van der Waals surface area contributed by atoms with Crippen molar-refractivity contribution in [2.24, 2.45) is 11.7 Å². The Balaban J connectivity index is 2.19. The molecule has 0 unspecified atom stereocenters. The van der Waals surface area contributed by atoms with Gasteiger partial charge in [-0.1, -0.05) is 49.4 Å². The summed E-state index contributed by atoms with van der Waals surface area (Å²) < 4.78 is 39.2. The molecule has 2 nitrogen and oxygen atoms in total. The summed E-state index contributed by atoms with van der Waals surface area (Å²) in [7, 11) is 0. The Morgan fingerprint density at radius 2 is 1.70 bits per heavy atom. The molecule has 2 aromatic rings. The highest BCUT2D eigenvalue weighted by Crippen LogP contribution is 2.36. The van der Waals surface area contributed by atoms with Gasteiger partial charge in [0.15, 0.2) is 0 Å². The van der Waals surface area contributed by atoms with Crippen molar-refractivity contribution in [3.63, 3.8) is 0 Å². The van der Waals surface area contributed by atoms with Crippen LogP contribution in [0.4, 0.5) is 13.2 Å². The Bertz CT molecular complexity index is 677. The minimum absolute atomic E-state index is 0.164. The van der Waals surface area contributed by atoms with Gasteiger partial charge in [0, 0.05) is 5.92 Å². The lowest BCUT2D eigenvalue weighted by atomic mass is 9.96. The molecule has 0 bridgehead atoms. The third-order valence-electron chi connectivity index (χ3n) is 3.85. The van der Waals surface area contributed by atoms with Crippen LogP contribution in [0.25, 0.3) is 11.1 Å². The van der Waals surface area contributed by atoms with E-state index in [-0.39, 0.29) is 17.4 Å². The van der Waals surface area contributed by atoms with E-state index in [1.807, 2.05) is 0 Å². The third-order valence-corrected chi connectivity index (χ3v) is 3.85. The van der Waals surface area contributed by atoms with E-state index in [2.05, 4.69) is 0 Å². The average molecular weight is 321 g/mol. The summed E-state index contributed by atoms with van der Waals surface area (Å²) in [6.07, 6.45) is -3.11. The summed E-state index contributed by atoms with van der Waals surface area (Å²) in [5, 5.41) is 0. The highest BCUT2D eigenvalue weighted by molar-refractivity contribution is 5.76. The number of halogens is 3. The van der Waals surface area contributed by atoms with Gasteiger partial charge in [-0.3, -0.25) is 4.79 Å². The maximum Gasteiger partial charge on any atom is 0.417 e. The molecule has 5 heteroatoms. The summed E-state index contributed by atoms with van der Waals surface area (Å²) in [6.45, 7) is 1.76. The highest BCUT2D eigenvalue weighted by Gasteiger charge is 2.33. The topological polar surface area (TPSA) is 43.1 Å². The second kappa shape index (κ2) is 6.86. The lowest BCUT2D eigenvalue weighted by Gasteiger charge is -2.13. The predicted molar refractivity (Wildman–Crippen MR) is 83.6 cm³/mol. The minimum atomic E-state index is -4.38. The van der Waals surface area contributed by atoms with Crippen molar-refractivity contribution in [1.82, 2.24) is 0 Å². The molecular formula is C18H18F3NO. The van der Waals surface area contributed by atoms with Gasteiger partial charge < -0.3 is 5.73 Å². The van der Waals surface area contributed by atoms with E-state index in [0.29, 0.717) is 18.4 Å². The monoisotopic (exact) mass is 321 g/mol. The smallest absolute Gasteiger partial charge is 0.369 e. The molecule has 0 aliphatic heterocycles. The van der Waals surface area contributed by atoms with Crippen LogP contribution >= 0.6 is 0 Å². The Labute approximate surface area is 133 Å². The molecule has 0 heterocycles. The molecule has 0 aliphatic rings. The summed E-state index contributed by atoms with van der Waals surface area (Å²) in [4.78, 5) is 11.0. The zero-order chi connectivity index (χ0) is 17.0. The fourth-order valence-corrected chi connectivity index (χ4v) is 2.36. The van der Waals surface area contributed by atoms with Gasteiger partial charge in [-0.05, 0) is 35.6 Å². The van der Waals surface area contributed by atoms with Crippen molar-refractivity contribution in [1.29, 1.82) is 0 Å². The third kappa shape index (κ3) is 4.34. The van der Waals surface area contributed by atoms with Crippen LogP contribution in [0.2, 0.25) is 0 Å². The number of nitrogens with two attached hydrogens (primary N) is 1. The molecule has 23 heavy (non-hydrogen) atoms. The SMILES string of the molecule is C[C@H](CCc1ccc(-c2ccccc2C(F)(F)F)cc1)C(N)=O. The molecule has 0 saturated carbocycles. The molecule has 0 aromatic heterocycles. The molecular weight excluding hydrogens is 303 g/mol. The second-order valence-electron chi connectivity index (χ2n) is 5.58. The van der Waals surface area contributed by atoms with Crippen LogP contribution in [0.3, 0.4) is 0 Å². The molecule has 1 amide bonds. The maximum atomic E-state index is 13.1. The van der Waals surface area contributed by atoms with E-state index in [9.17, 15) is 18.0 Å². The van der Waals surface area contributed by atoms with Gasteiger partial charge in [-0.25, -0.2) is 0 Å². The van der Waals surface area contributed by atoms with Crippen molar-refractivity contribution < 1.29 is 18.0 Å². The van der Waals surface area contributed by atoms with Crippen LogP contribution in [-0.4, -0.2) is 5.91 Å². The number of hydrogen-bond acceptors (Lipinski definition) is 1. The standard InChI is InChI=1S/C18H18F3NO/c1-12(17(22)23)6-7-13-8-10-14(11-9-13)15-4-2-3-5-16(15)18(19,20)21/h2-5,8-12H,6-7H2,1H3,(H2,22,23)/t12-/m1/s1. The maximum absolute atomic E-state index is 13.1. The highest BCUT2D eigenvalue weighted by atomic mass is 19.4. The van der Waals surface area contributed by atoms with Crippen molar-refractivity contribution >= 4 is 5.91 Å². The number of carbonyl (C=O) groups is 1. The van der Waals surface area contributed by atoms with Gasteiger partial charge in [0.1, 0.15) is 0 Å². The van der Waals surface area contributed by atoms with Gasteiger partial charge in [0.2, 0.25) is 5.91 Å². The summed E-state index contributed by atoms with van der Waals surface area (Å²) in [5.41, 5.74) is 6.22. The molecule has 0 radical (unpaired) electrons. The summed E-state index contributed by atoms with van der Waals surface area (Å²) >= 11 is 0. The Kier molecular flexibility index (Phi) is 5.08. The van der Waals surface area contributed by atoms with Crippen molar-refractivity contribution in [3.8, 4) is 11.1 Å². The first-order valence-corrected chi connectivity index (χ1v) is 7.34. The average Bonchev–Trinajstić information content (AvgIpc) is 2.52. The number of amides is 1. The Hall–Kier alpha value is -2.30.